The van der Waals surface area contributed by atoms with Crippen LogP contribution < -0.4 is 4.74 Å². The second-order valence-electron chi connectivity index (χ2n) is 9.72. The molecule has 6 heteroatoms. The normalized spacial score (nSPS) is 23.8. The van der Waals surface area contributed by atoms with Crippen LogP contribution in [0.15, 0.2) is 42.5 Å². The molecule has 0 saturated carbocycles. The van der Waals surface area contributed by atoms with E-state index in [-0.39, 0.29) is 5.92 Å². The third-order valence-electron chi connectivity index (χ3n) is 7.55. The minimum absolute atomic E-state index is 0.0878. The molecule has 0 N–H and O–H groups in total. The maximum atomic E-state index is 13.0. The first-order chi connectivity index (χ1) is 16.0. The average molecular weight is 459 g/mol. The minimum atomic E-state index is -4.30. The Labute approximate surface area is 194 Å². The first kappa shape index (κ1) is 22.7. The van der Waals surface area contributed by atoms with Gasteiger partial charge in [0.15, 0.2) is 0 Å². The lowest BCUT2D eigenvalue weighted by atomic mass is 9.81. The van der Waals surface area contributed by atoms with Crippen LogP contribution in [0.25, 0.3) is 0 Å². The summed E-state index contributed by atoms with van der Waals surface area (Å²) >= 11 is 0. The maximum absolute atomic E-state index is 13.0. The third-order valence-corrected chi connectivity index (χ3v) is 7.55. The fourth-order valence-corrected chi connectivity index (χ4v) is 5.83. The Morgan fingerprint density at radius 1 is 0.879 bits per heavy atom. The first-order valence-corrected chi connectivity index (χ1v) is 12.4. The molecular formula is C27H33F3N2O. The summed E-state index contributed by atoms with van der Waals surface area (Å²) in [5.41, 5.74) is 2.88. The molecular weight excluding hydrogens is 425 g/mol. The SMILES string of the molecule is FC(F)(F)c1ccc([C@H]2CN3CCC[C@@H]3c3cc(OCCCN4CCCCC4)ccc32)cc1. The van der Waals surface area contributed by atoms with Gasteiger partial charge in [-0.3, -0.25) is 4.90 Å². The molecule has 0 bridgehead atoms. The fourth-order valence-electron chi connectivity index (χ4n) is 5.83. The predicted molar refractivity (Wildman–Crippen MR) is 124 cm³/mol. The second kappa shape index (κ2) is 9.67. The van der Waals surface area contributed by atoms with Crippen molar-refractivity contribution in [3.63, 3.8) is 0 Å². The van der Waals surface area contributed by atoms with Gasteiger partial charge in [-0.2, -0.15) is 13.2 Å². The van der Waals surface area contributed by atoms with Crippen LogP contribution in [0, 0.1) is 0 Å². The van der Waals surface area contributed by atoms with Crippen molar-refractivity contribution >= 4 is 0 Å². The van der Waals surface area contributed by atoms with Crippen molar-refractivity contribution in [1.29, 1.82) is 0 Å². The smallest absolute Gasteiger partial charge is 0.416 e. The molecule has 0 aromatic heterocycles. The van der Waals surface area contributed by atoms with Gasteiger partial charge in [0.2, 0.25) is 0 Å². The van der Waals surface area contributed by atoms with E-state index >= 15 is 0 Å². The molecule has 3 heterocycles. The van der Waals surface area contributed by atoms with Crippen LogP contribution in [0.3, 0.4) is 0 Å². The molecule has 2 aromatic rings. The largest absolute Gasteiger partial charge is 0.494 e. The van der Waals surface area contributed by atoms with E-state index in [1.165, 1.54) is 55.6 Å². The van der Waals surface area contributed by atoms with Crippen LogP contribution >= 0.6 is 0 Å². The summed E-state index contributed by atoms with van der Waals surface area (Å²) in [5.74, 6) is 0.997. The summed E-state index contributed by atoms with van der Waals surface area (Å²) in [6.45, 7) is 6.13. The van der Waals surface area contributed by atoms with Crippen LogP contribution in [0.2, 0.25) is 0 Å². The van der Waals surface area contributed by atoms with Crippen molar-refractivity contribution in [3.8, 4) is 5.75 Å². The number of fused-ring (bicyclic) bond motifs is 3. The van der Waals surface area contributed by atoms with E-state index in [1.807, 2.05) is 6.07 Å². The van der Waals surface area contributed by atoms with E-state index < -0.39 is 11.7 Å². The van der Waals surface area contributed by atoms with E-state index in [1.54, 1.807) is 12.1 Å². The van der Waals surface area contributed by atoms with Gasteiger partial charge in [-0.15, -0.1) is 0 Å². The molecule has 178 valence electrons. The summed E-state index contributed by atoms with van der Waals surface area (Å²) in [6, 6.07) is 12.5. The van der Waals surface area contributed by atoms with E-state index in [4.69, 9.17) is 4.74 Å². The number of nitrogens with zero attached hydrogens (tertiary/aromatic N) is 2. The van der Waals surface area contributed by atoms with Crippen molar-refractivity contribution in [3.05, 3.63) is 64.7 Å². The lowest BCUT2D eigenvalue weighted by Gasteiger charge is -2.38. The van der Waals surface area contributed by atoms with Gasteiger partial charge in [0.1, 0.15) is 5.75 Å². The monoisotopic (exact) mass is 458 g/mol. The van der Waals surface area contributed by atoms with Crippen molar-refractivity contribution < 1.29 is 17.9 Å². The quantitative estimate of drug-likeness (QED) is 0.477. The standard InChI is InChI=1S/C27H33F3N2O/c28-27(29,30)21-9-7-20(8-10-21)25-19-32-16-4-6-26(32)24-18-22(11-12-23(24)25)33-17-5-15-31-13-2-1-3-14-31/h7-12,18,25-26H,1-6,13-17,19H2/t25-,26-/m1/s1. The highest BCUT2D eigenvalue weighted by molar-refractivity contribution is 5.47. The number of hydrogen-bond donors (Lipinski definition) is 0. The number of benzene rings is 2. The zero-order valence-corrected chi connectivity index (χ0v) is 19.1. The van der Waals surface area contributed by atoms with Crippen LogP contribution in [0.1, 0.15) is 72.7 Å². The molecule has 3 nitrogen and oxygen atoms in total. The summed E-state index contributed by atoms with van der Waals surface area (Å²) in [4.78, 5) is 5.02. The van der Waals surface area contributed by atoms with E-state index in [0.29, 0.717) is 12.6 Å². The van der Waals surface area contributed by atoms with Crippen LogP contribution in [0.5, 0.6) is 5.75 Å². The lowest BCUT2D eigenvalue weighted by molar-refractivity contribution is -0.137. The topological polar surface area (TPSA) is 15.7 Å². The highest BCUT2D eigenvalue weighted by Crippen LogP contribution is 2.45. The number of halogens is 3. The van der Waals surface area contributed by atoms with Crippen molar-refractivity contribution in [1.82, 2.24) is 9.80 Å². The molecule has 3 aliphatic heterocycles. The fraction of sp³-hybridized carbons (Fsp3) is 0.556. The predicted octanol–water partition coefficient (Wildman–Crippen LogP) is 6.24. The number of hydrogen-bond acceptors (Lipinski definition) is 3. The molecule has 2 atom stereocenters. The highest BCUT2D eigenvalue weighted by Gasteiger charge is 2.37. The summed E-state index contributed by atoms with van der Waals surface area (Å²) in [5, 5.41) is 0. The first-order valence-electron chi connectivity index (χ1n) is 12.4. The van der Waals surface area contributed by atoms with Gasteiger partial charge in [-0.25, -0.2) is 0 Å². The van der Waals surface area contributed by atoms with Crippen LogP contribution in [-0.2, 0) is 6.18 Å². The molecule has 0 radical (unpaired) electrons. The van der Waals surface area contributed by atoms with Gasteiger partial charge in [0.25, 0.3) is 0 Å². The molecule has 0 unspecified atom stereocenters. The van der Waals surface area contributed by atoms with Gasteiger partial charge in [-0.05, 0) is 92.7 Å². The Bertz CT molecular complexity index is 937. The Hall–Kier alpha value is -2.05. The van der Waals surface area contributed by atoms with E-state index in [2.05, 4.69) is 21.9 Å². The Morgan fingerprint density at radius 2 is 1.67 bits per heavy atom. The number of rotatable bonds is 6. The minimum Gasteiger partial charge on any atom is -0.494 e. The van der Waals surface area contributed by atoms with Crippen molar-refractivity contribution in [2.75, 3.05) is 39.3 Å². The van der Waals surface area contributed by atoms with Crippen LogP contribution in [-0.4, -0.2) is 49.1 Å². The van der Waals surface area contributed by atoms with Gasteiger partial charge >= 0.3 is 6.18 Å². The highest BCUT2D eigenvalue weighted by atomic mass is 19.4. The number of piperidine rings is 1. The van der Waals surface area contributed by atoms with Crippen LogP contribution in [0.4, 0.5) is 13.2 Å². The molecule has 5 rings (SSSR count). The van der Waals surface area contributed by atoms with E-state index in [0.717, 1.165) is 50.2 Å². The second-order valence-corrected chi connectivity index (χ2v) is 9.72. The van der Waals surface area contributed by atoms with Gasteiger partial charge in [-0.1, -0.05) is 24.6 Å². The van der Waals surface area contributed by atoms with Crippen molar-refractivity contribution in [2.24, 2.45) is 0 Å². The molecule has 33 heavy (non-hydrogen) atoms. The van der Waals surface area contributed by atoms with Gasteiger partial charge in [0.05, 0.1) is 12.2 Å². The molecule has 0 amide bonds. The molecule has 2 saturated heterocycles. The number of likely N-dealkylation sites (tertiary alicyclic amines) is 1. The zero-order chi connectivity index (χ0) is 22.8. The van der Waals surface area contributed by atoms with Gasteiger partial charge < -0.3 is 9.64 Å². The van der Waals surface area contributed by atoms with Crippen molar-refractivity contribution in [2.45, 2.75) is 56.7 Å². The lowest BCUT2D eigenvalue weighted by Crippen LogP contribution is -2.34. The summed E-state index contributed by atoms with van der Waals surface area (Å²) in [7, 11) is 0. The Kier molecular flexibility index (Phi) is 6.66. The summed E-state index contributed by atoms with van der Waals surface area (Å²) < 4.78 is 45.2. The average Bonchev–Trinajstić information content (AvgIpc) is 3.31. The maximum Gasteiger partial charge on any atom is 0.416 e. The number of ether oxygens (including phenoxy) is 1. The molecule has 0 aliphatic carbocycles. The van der Waals surface area contributed by atoms with Gasteiger partial charge in [0, 0.05) is 25.0 Å². The number of alkyl halides is 3. The molecule has 2 fully saturated rings. The zero-order valence-electron chi connectivity index (χ0n) is 19.1. The third kappa shape index (κ3) is 5.07. The Balaban J connectivity index is 1.30. The summed E-state index contributed by atoms with van der Waals surface area (Å²) in [6.07, 6.45) is 2.99. The molecule has 0 spiro atoms. The Morgan fingerprint density at radius 3 is 2.42 bits per heavy atom. The molecule has 3 aliphatic rings. The molecule has 2 aromatic carbocycles. The van der Waals surface area contributed by atoms with E-state index in [9.17, 15) is 13.2 Å².